The molecule has 2 nitrogen and oxygen atoms in total. The summed E-state index contributed by atoms with van der Waals surface area (Å²) in [6, 6.07) is 63.9. The Morgan fingerprint density at radius 1 is 0.311 bits per heavy atom. The second-order valence-electron chi connectivity index (χ2n) is 11.8. The molecular formula is C43H30N2. The maximum absolute atomic E-state index is 2.46. The fraction of sp³-hybridized carbons (Fsp3) is 0.0233. The van der Waals surface area contributed by atoms with E-state index in [4.69, 9.17) is 0 Å². The fourth-order valence-corrected chi connectivity index (χ4v) is 7.27. The second kappa shape index (κ2) is 10.4. The standard InChI is InChI=1S/C43H30N2/c1-4-13-30(14-5-1)32-23-26-35(27-24-32)45-39-28-25-33(31-15-6-2-7-16-31)29-37(39)42-36-19-10-11-20-38(36)44(34-17-8-3-9-18-34)40-21-12-22-41(45)43(40)42/h1-29,42H. The highest BCUT2D eigenvalue weighted by molar-refractivity contribution is 5.96. The molecule has 0 N–H and O–H groups in total. The third kappa shape index (κ3) is 4.11. The molecule has 0 fully saturated rings. The first-order valence-corrected chi connectivity index (χ1v) is 15.6. The molecule has 0 amide bonds. The highest BCUT2D eigenvalue weighted by Gasteiger charge is 2.40. The Bertz CT molecular complexity index is 2150. The van der Waals surface area contributed by atoms with Crippen LogP contribution in [0.2, 0.25) is 0 Å². The van der Waals surface area contributed by atoms with Gasteiger partial charge in [-0.1, -0.05) is 121 Å². The van der Waals surface area contributed by atoms with Gasteiger partial charge in [0, 0.05) is 22.9 Å². The van der Waals surface area contributed by atoms with Gasteiger partial charge < -0.3 is 9.80 Å². The molecule has 2 heteroatoms. The van der Waals surface area contributed by atoms with Crippen LogP contribution >= 0.6 is 0 Å². The van der Waals surface area contributed by atoms with Crippen molar-refractivity contribution in [1.29, 1.82) is 0 Å². The van der Waals surface area contributed by atoms with Crippen molar-refractivity contribution in [3.05, 3.63) is 193 Å². The number of rotatable bonds is 4. The first kappa shape index (κ1) is 25.6. The van der Waals surface area contributed by atoms with Crippen LogP contribution in [0.15, 0.2) is 176 Å². The predicted molar refractivity (Wildman–Crippen MR) is 188 cm³/mol. The zero-order valence-corrected chi connectivity index (χ0v) is 24.7. The van der Waals surface area contributed by atoms with Crippen LogP contribution in [0, 0.1) is 0 Å². The summed E-state index contributed by atoms with van der Waals surface area (Å²) in [5.41, 5.74) is 16.1. The number of fused-ring (bicyclic) bond motifs is 4. The van der Waals surface area contributed by atoms with Crippen molar-refractivity contribution in [2.75, 3.05) is 9.80 Å². The molecule has 0 radical (unpaired) electrons. The number of anilines is 6. The topological polar surface area (TPSA) is 6.48 Å². The van der Waals surface area contributed by atoms with Crippen molar-refractivity contribution >= 4 is 34.1 Å². The molecule has 0 saturated carbocycles. The minimum absolute atomic E-state index is 0.103. The lowest BCUT2D eigenvalue weighted by molar-refractivity contribution is 0.909. The molecule has 7 aromatic carbocycles. The Morgan fingerprint density at radius 3 is 1.44 bits per heavy atom. The fourth-order valence-electron chi connectivity index (χ4n) is 7.27. The van der Waals surface area contributed by atoms with Crippen molar-refractivity contribution in [2.24, 2.45) is 0 Å². The van der Waals surface area contributed by atoms with Crippen LogP contribution in [-0.2, 0) is 0 Å². The van der Waals surface area contributed by atoms with E-state index >= 15 is 0 Å². The summed E-state index contributed by atoms with van der Waals surface area (Å²) in [4.78, 5) is 4.90. The lowest BCUT2D eigenvalue weighted by Gasteiger charge is -2.45. The molecule has 212 valence electrons. The van der Waals surface area contributed by atoms with Crippen LogP contribution < -0.4 is 9.80 Å². The molecule has 0 saturated heterocycles. The van der Waals surface area contributed by atoms with Gasteiger partial charge in [0.05, 0.1) is 22.7 Å². The molecule has 1 unspecified atom stereocenters. The Labute approximate surface area is 264 Å². The zero-order chi connectivity index (χ0) is 29.7. The van der Waals surface area contributed by atoms with E-state index in [0.717, 1.165) is 5.69 Å². The first-order valence-electron chi connectivity index (χ1n) is 15.6. The zero-order valence-electron chi connectivity index (χ0n) is 24.7. The quantitative estimate of drug-likeness (QED) is 0.206. The van der Waals surface area contributed by atoms with Crippen LogP contribution in [0.25, 0.3) is 22.3 Å². The summed E-state index contributed by atoms with van der Waals surface area (Å²) in [6.07, 6.45) is 0. The smallest absolute Gasteiger partial charge is 0.0524 e. The van der Waals surface area contributed by atoms with Crippen molar-refractivity contribution in [3.63, 3.8) is 0 Å². The highest BCUT2D eigenvalue weighted by atomic mass is 15.2. The van der Waals surface area contributed by atoms with Gasteiger partial charge in [-0.15, -0.1) is 0 Å². The number of hydrogen-bond donors (Lipinski definition) is 0. The molecule has 9 rings (SSSR count). The van der Waals surface area contributed by atoms with Gasteiger partial charge in [0.2, 0.25) is 0 Å². The van der Waals surface area contributed by atoms with Gasteiger partial charge >= 0.3 is 0 Å². The van der Waals surface area contributed by atoms with Crippen molar-refractivity contribution in [2.45, 2.75) is 5.92 Å². The SMILES string of the molecule is c1ccc(-c2ccc(N3c4ccc(-c5ccccc5)cc4C4c5ccccc5N(c5ccccc5)c5cccc3c54)cc2)cc1. The summed E-state index contributed by atoms with van der Waals surface area (Å²) in [5, 5.41) is 0. The van der Waals surface area contributed by atoms with Gasteiger partial charge in [0.1, 0.15) is 0 Å². The van der Waals surface area contributed by atoms with E-state index in [-0.39, 0.29) is 5.92 Å². The molecule has 0 aromatic heterocycles. The Hall–Kier alpha value is -5.86. The Morgan fingerprint density at radius 2 is 0.778 bits per heavy atom. The van der Waals surface area contributed by atoms with Gasteiger partial charge in [-0.2, -0.15) is 0 Å². The van der Waals surface area contributed by atoms with Crippen LogP contribution in [-0.4, -0.2) is 0 Å². The molecule has 7 aromatic rings. The van der Waals surface area contributed by atoms with Gasteiger partial charge in [-0.3, -0.25) is 0 Å². The molecule has 1 atom stereocenters. The lowest BCUT2D eigenvalue weighted by Crippen LogP contribution is -2.29. The van der Waals surface area contributed by atoms with Crippen LogP contribution in [0.1, 0.15) is 22.6 Å². The summed E-state index contributed by atoms with van der Waals surface area (Å²) in [5.74, 6) is 0.103. The van der Waals surface area contributed by atoms with Crippen LogP contribution in [0.5, 0.6) is 0 Å². The first-order chi connectivity index (χ1) is 22.3. The average Bonchev–Trinajstić information content (AvgIpc) is 3.12. The van der Waals surface area contributed by atoms with Gasteiger partial charge in [0.25, 0.3) is 0 Å². The van der Waals surface area contributed by atoms with Crippen LogP contribution in [0.3, 0.4) is 0 Å². The third-order valence-electron chi connectivity index (χ3n) is 9.25. The minimum Gasteiger partial charge on any atom is -0.310 e. The van der Waals surface area contributed by atoms with E-state index in [1.54, 1.807) is 0 Å². The molecule has 0 bridgehead atoms. The molecule has 0 spiro atoms. The van der Waals surface area contributed by atoms with Crippen molar-refractivity contribution in [3.8, 4) is 22.3 Å². The molecule has 45 heavy (non-hydrogen) atoms. The van der Waals surface area contributed by atoms with E-state index in [9.17, 15) is 0 Å². The minimum atomic E-state index is 0.103. The maximum Gasteiger partial charge on any atom is 0.0524 e. The second-order valence-corrected chi connectivity index (χ2v) is 11.8. The van der Waals surface area contributed by atoms with Crippen LogP contribution in [0.4, 0.5) is 34.1 Å². The van der Waals surface area contributed by atoms with E-state index < -0.39 is 0 Å². The number of hydrogen-bond acceptors (Lipinski definition) is 2. The number of nitrogens with zero attached hydrogens (tertiary/aromatic N) is 2. The summed E-state index contributed by atoms with van der Waals surface area (Å²) in [6.45, 7) is 0. The summed E-state index contributed by atoms with van der Waals surface area (Å²) >= 11 is 0. The normalized spacial score (nSPS) is 14.4. The molecular weight excluding hydrogens is 544 g/mol. The molecule has 0 aliphatic carbocycles. The Kier molecular flexibility index (Phi) is 5.92. The third-order valence-corrected chi connectivity index (χ3v) is 9.25. The van der Waals surface area contributed by atoms with Gasteiger partial charge in [0.15, 0.2) is 0 Å². The van der Waals surface area contributed by atoms with Gasteiger partial charge in [-0.25, -0.2) is 0 Å². The summed E-state index contributed by atoms with van der Waals surface area (Å²) in [7, 11) is 0. The monoisotopic (exact) mass is 574 g/mol. The van der Waals surface area contributed by atoms with E-state index in [1.165, 1.54) is 67.4 Å². The average molecular weight is 575 g/mol. The molecule has 2 heterocycles. The lowest BCUT2D eigenvalue weighted by atomic mass is 9.75. The van der Waals surface area contributed by atoms with Crippen molar-refractivity contribution in [1.82, 2.24) is 0 Å². The van der Waals surface area contributed by atoms with E-state index in [2.05, 4.69) is 186 Å². The predicted octanol–water partition coefficient (Wildman–Crippen LogP) is 11.8. The van der Waals surface area contributed by atoms with E-state index in [1.807, 2.05) is 0 Å². The highest BCUT2D eigenvalue weighted by Crippen LogP contribution is 2.60. The van der Waals surface area contributed by atoms with Crippen molar-refractivity contribution < 1.29 is 0 Å². The van der Waals surface area contributed by atoms with Gasteiger partial charge in [-0.05, 0) is 88.0 Å². The molecule has 2 aliphatic rings. The molecule has 2 aliphatic heterocycles. The maximum atomic E-state index is 2.46. The van der Waals surface area contributed by atoms with E-state index in [0.29, 0.717) is 0 Å². The summed E-state index contributed by atoms with van der Waals surface area (Å²) < 4.78 is 0. The number of para-hydroxylation sites is 2. The largest absolute Gasteiger partial charge is 0.310 e. The number of benzene rings is 7. The Balaban J connectivity index is 1.30.